The van der Waals surface area contributed by atoms with Crippen LogP contribution in [-0.4, -0.2) is 41.9 Å². The van der Waals surface area contributed by atoms with Gasteiger partial charge in [-0.2, -0.15) is 4.31 Å². The van der Waals surface area contributed by atoms with E-state index in [2.05, 4.69) is 0 Å². The number of benzene rings is 2. The molecule has 0 heterocycles. The van der Waals surface area contributed by atoms with Gasteiger partial charge in [-0.25, -0.2) is 8.42 Å². The fourth-order valence-corrected chi connectivity index (χ4v) is 4.36. The Hall–Kier alpha value is -3.11. The largest absolute Gasteiger partial charge is 0.368 e. The molecular weight excluding hydrogens is 398 g/mol. The van der Waals surface area contributed by atoms with E-state index in [1.807, 2.05) is 0 Å². The maximum Gasteiger partial charge on any atom is 0.269 e. The number of rotatable bonds is 10. The van der Waals surface area contributed by atoms with Gasteiger partial charge in [0.05, 0.1) is 9.82 Å². The number of carbonyl (C=O) groups excluding carboxylic acids is 2. The number of sulfonamides is 1. The van der Waals surface area contributed by atoms with Crippen LogP contribution in [0.3, 0.4) is 0 Å². The molecule has 0 aliphatic carbocycles. The molecule has 0 fully saturated rings. The number of hydrogen-bond acceptors (Lipinski definition) is 6. The summed E-state index contributed by atoms with van der Waals surface area (Å²) in [5.41, 5.74) is 5.94. The number of Topliss-reactive ketones (excluding diaryl/α,β-unsaturated/α-hetero) is 1. The van der Waals surface area contributed by atoms with E-state index in [-0.39, 0.29) is 35.8 Å². The van der Waals surface area contributed by atoms with Crippen molar-refractivity contribution in [3.05, 3.63) is 70.3 Å². The molecule has 2 N–H and O–H groups in total. The lowest BCUT2D eigenvalue weighted by Gasteiger charge is -2.28. The predicted octanol–water partition coefficient (Wildman–Crippen LogP) is 1.66. The maximum atomic E-state index is 13.2. The summed E-state index contributed by atoms with van der Waals surface area (Å²) in [4.78, 5) is 33.6. The van der Waals surface area contributed by atoms with Crippen molar-refractivity contribution in [2.75, 3.05) is 6.54 Å². The summed E-state index contributed by atoms with van der Waals surface area (Å²) in [5.74, 6) is -1.11. The van der Waals surface area contributed by atoms with Crippen molar-refractivity contribution in [1.82, 2.24) is 4.31 Å². The highest BCUT2D eigenvalue weighted by Gasteiger charge is 2.35. The van der Waals surface area contributed by atoms with Crippen LogP contribution in [0.1, 0.15) is 18.9 Å². The van der Waals surface area contributed by atoms with Gasteiger partial charge in [0, 0.05) is 25.1 Å². The fourth-order valence-electron chi connectivity index (χ4n) is 2.77. The highest BCUT2D eigenvalue weighted by atomic mass is 32.2. The minimum absolute atomic E-state index is 0.0281. The molecule has 10 heteroatoms. The number of ketones is 1. The van der Waals surface area contributed by atoms with Gasteiger partial charge in [0.15, 0.2) is 0 Å². The summed E-state index contributed by atoms with van der Waals surface area (Å²) in [6.45, 7) is 1.07. The zero-order valence-corrected chi connectivity index (χ0v) is 16.5. The van der Waals surface area contributed by atoms with Crippen molar-refractivity contribution in [2.24, 2.45) is 5.73 Å². The van der Waals surface area contributed by atoms with Gasteiger partial charge >= 0.3 is 0 Å². The lowest BCUT2D eigenvalue weighted by Crippen LogP contribution is -2.49. The molecule has 0 spiro atoms. The van der Waals surface area contributed by atoms with E-state index in [1.165, 1.54) is 6.92 Å². The number of nitrogens with two attached hydrogens (primary N) is 1. The van der Waals surface area contributed by atoms with Gasteiger partial charge in [-0.1, -0.05) is 30.3 Å². The summed E-state index contributed by atoms with van der Waals surface area (Å²) in [6, 6.07) is 11.8. The van der Waals surface area contributed by atoms with E-state index >= 15 is 0 Å². The Kier molecular flexibility index (Phi) is 7.18. The second-order valence-corrected chi connectivity index (χ2v) is 8.32. The predicted molar refractivity (Wildman–Crippen MR) is 105 cm³/mol. The topological polar surface area (TPSA) is 141 Å². The smallest absolute Gasteiger partial charge is 0.269 e. The Morgan fingerprint density at radius 3 is 2.17 bits per heavy atom. The molecule has 2 aromatic rings. The van der Waals surface area contributed by atoms with Crippen molar-refractivity contribution in [3.8, 4) is 0 Å². The first-order chi connectivity index (χ1) is 13.6. The average Bonchev–Trinajstić information content (AvgIpc) is 2.67. The second kappa shape index (κ2) is 9.39. The van der Waals surface area contributed by atoms with Crippen LogP contribution in [0.5, 0.6) is 0 Å². The molecular formula is C19H21N3O6S. The Morgan fingerprint density at radius 1 is 1.10 bits per heavy atom. The van der Waals surface area contributed by atoms with Crippen molar-refractivity contribution in [3.63, 3.8) is 0 Å². The Bertz CT molecular complexity index is 990. The number of nitro groups is 1. The third-order valence-corrected chi connectivity index (χ3v) is 6.21. The number of nitrogens with zero attached hydrogens (tertiary/aromatic N) is 2. The number of amides is 1. The highest BCUT2D eigenvalue weighted by Crippen LogP contribution is 2.23. The minimum Gasteiger partial charge on any atom is -0.368 e. The summed E-state index contributed by atoms with van der Waals surface area (Å²) in [7, 11) is -4.25. The van der Waals surface area contributed by atoms with Crippen LogP contribution in [-0.2, 0) is 26.0 Å². The van der Waals surface area contributed by atoms with E-state index in [9.17, 15) is 28.1 Å². The van der Waals surface area contributed by atoms with Crippen molar-refractivity contribution >= 4 is 27.4 Å². The lowest BCUT2D eigenvalue weighted by molar-refractivity contribution is -0.384. The standard InChI is InChI=1S/C19H21N3O6S/c1-14(23)11-12-21(18(19(20)24)13-15-5-3-2-4-6-15)29(27,28)17-9-7-16(8-10-17)22(25)26/h2-10,18H,11-13H2,1H3,(H2,20,24)/t18-/m0/s1. The Balaban J connectivity index is 2.46. The Labute approximate surface area is 168 Å². The third-order valence-electron chi connectivity index (χ3n) is 4.29. The summed E-state index contributed by atoms with van der Waals surface area (Å²) in [6.07, 6.45) is -0.0783. The van der Waals surface area contributed by atoms with E-state index < -0.39 is 26.9 Å². The van der Waals surface area contributed by atoms with E-state index in [4.69, 9.17) is 5.73 Å². The monoisotopic (exact) mass is 419 g/mol. The zero-order chi connectivity index (χ0) is 21.6. The van der Waals surface area contributed by atoms with Gasteiger partial charge in [-0.05, 0) is 31.0 Å². The second-order valence-electron chi connectivity index (χ2n) is 6.43. The summed E-state index contributed by atoms with van der Waals surface area (Å²) >= 11 is 0. The highest BCUT2D eigenvalue weighted by molar-refractivity contribution is 7.89. The number of hydrogen-bond donors (Lipinski definition) is 1. The van der Waals surface area contributed by atoms with Gasteiger partial charge in [0.2, 0.25) is 15.9 Å². The number of nitro benzene ring substituents is 1. The first-order valence-corrected chi connectivity index (χ1v) is 10.2. The molecule has 0 saturated carbocycles. The first kappa shape index (κ1) is 22.2. The Morgan fingerprint density at radius 2 is 1.69 bits per heavy atom. The van der Waals surface area contributed by atoms with Crippen LogP contribution < -0.4 is 5.73 Å². The molecule has 9 nitrogen and oxygen atoms in total. The normalized spacial score (nSPS) is 12.5. The van der Waals surface area contributed by atoms with Crippen LogP contribution in [0.4, 0.5) is 5.69 Å². The van der Waals surface area contributed by atoms with Gasteiger partial charge in [0.25, 0.3) is 5.69 Å². The van der Waals surface area contributed by atoms with Crippen LogP contribution in [0, 0.1) is 10.1 Å². The summed E-state index contributed by atoms with van der Waals surface area (Å²) < 4.78 is 27.3. The molecule has 0 saturated heterocycles. The minimum atomic E-state index is -4.25. The van der Waals surface area contributed by atoms with Gasteiger partial charge < -0.3 is 5.73 Å². The molecule has 1 atom stereocenters. The summed E-state index contributed by atoms with van der Waals surface area (Å²) in [5, 5.41) is 10.8. The van der Waals surface area contributed by atoms with Crippen molar-refractivity contribution in [1.29, 1.82) is 0 Å². The average molecular weight is 419 g/mol. The number of non-ortho nitro benzene ring substituents is 1. The van der Waals surface area contributed by atoms with Gasteiger partial charge in [-0.15, -0.1) is 0 Å². The van der Waals surface area contributed by atoms with E-state index in [1.54, 1.807) is 30.3 Å². The lowest BCUT2D eigenvalue weighted by atomic mass is 10.1. The molecule has 0 unspecified atom stereocenters. The number of primary amides is 1. The molecule has 0 bridgehead atoms. The molecule has 154 valence electrons. The van der Waals surface area contributed by atoms with E-state index in [0.29, 0.717) is 5.56 Å². The molecule has 0 aromatic heterocycles. The van der Waals surface area contributed by atoms with E-state index in [0.717, 1.165) is 28.6 Å². The molecule has 2 aromatic carbocycles. The maximum absolute atomic E-state index is 13.2. The molecule has 0 aliphatic heterocycles. The molecule has 2 rings (SSSR count). The number of carbonyl (C=O) groups is 2. The molecule has 1 amide bonds. The quantitative estimate of drug-likeness (QED) is 0.459. The van der Waals surface area contributed by atoms with Crippen molar-refractivity contribution in [2.45, 2.75) is 30.7 Å². The van der Waals surface area contributed by atoms with Crippen LogP contribution >= 0.6 is 0 Å². The SMILES string of the molecule is CC(=O)CCN([C@@H](Cc1ccccc1)C(N)=O)S(=O)(=O)c1ccc([N+](=O)[O-])cc1. The molecule has 0 radical (unpaired) electrons. The third kappa shape index (κ3) is 5.69. The van der Waals surface area contributed by atoms with Crippen molar-refractivity contribution < 1.29 is 22.9 Å². The fraction of sp³-hybridized carbons (Fsp3) is 0.263. The van der Waals surface area contributed by atoms with Gasteiger partial charge in [0.1, 0.15) is 11.8 Å². The molecule has 0 aliphatic rings. The van der Waals surface area contributed by atoms with Crippen LogP contribution in [0.15, 0.2) is 59.5 Å². The zero-order valence-electron chi connectivity index (χ0n) is 15.7. The van der Waals surface area contributed by atoms with Gasteiger partial charge in [-0.3, -0.25) is 19.7 Å². The van der Waals surface area contributed by atoms with Crippen LogP contribution in [0.25, 0.3) is 0 Å². The van der Waals surface area contributed by atoms with Crippen LogP contribution in [0.2, 0.25) is 0 Å². The molecule has 29 heavy (non-hydrogen) atoms. The first-order valence-electron chi connectivity index (χ1n) is 8.72.